The Bertz CT molecular complexity index is 1460. The molecule has 2 fully saturated rings. The van der Waals surface area contributed by atoms with Crippen LogP contribution in [0.3, 0.4) is 0 Å². The normalized spacial score (nSPS) is 33.0. The van der Waals surface area contributed by atoms with Crippen molar-refractivity contribution in [2.24, 2.45) is 0 Å². The maximum Gasteiger partial charge on any atom is 0.229 e. The molecule has 2 aromatic carbocycles. The van der Waals surface area contributed by atoms with Crippen LogP contribution in [0.15, 0.2) is 51.7 Å². The van der Waals surface area contributed by atoms with E-state index in [0.29, 0.717) is 11.3 Å². The Balaban J connectivity index is 1.39. The van der Waals surface area contributed by atoms with Crippen LogP contribution in [0.2, 0.25) is 0 Å². The topological polar surface area (TPSA) is 218 Å². The van der Waals surface area contributed by atoms with Crippen molar-refractivity contribution < 1.29 is 63.8 Å². The van der Waals surface area contributed by atoms with E-state index in [9.17, 15) is 40.5 Å². The Labute approximate surface area is 244 Å². The molecule has 7 N–H and O–H groups in total. The zero-order valence-corrected chi connectivity index (χ0v) is 23.2. The molecule has 14 heteroatoms. The second-order valence-electron chi connectivity index (χ2n) is 10.5. The predicted molar refractivity (Wildman–Crippen MR) is 146 cm³/mol. The van der Waals surface area contributed by atoms with Crippen LogP contribution in [0.4, 0.5) is 0 Å². The van der Waals surface area contributed by atoms with E-state index in [1.807, 2.05) is 31.2 Å². The minimum atomic E-state index is -1.79. The van der Waals surface area contributed by atoms with Crippen LogP contribution < -0.4 is 14.9 Å². The lowest BCUT2D eigenvalue weighted by molar-refractivity contribution is -0.323. The number of aryl methyl sites for hydroxylation is 1. The van der Waals surface area contributed by atoms with Crippen molar-refractivity contribution in [2.75, 3.05) is 20.3 Å². The first kappa shape index (κ1) is 31.3. The third kappa shape index (κ3) is 6.25. The molecule has 0 amide bonds. The number of aliphatic hydroxyl groups excluding tert-OH is 7. The van der Waals surface area contributed by atoms with Crippen LogP contribution in [0.5, 0.6) is 11.5 Å². The van der Waals surface area contributed by atoms with E-state index >= 15 is 0 Å². The summed E-state index contributed by atoms with van der Waals surface area (Å²) < 4.78 is 33.7. The molecule has 43 heavy (non-hydrogen) atoms. The van der Waals surface area contributed by atoms with Crippen molar-refractivity contribution in [3.63, 3.8) is 0 Å². The zero-order valence-electron chi connectivity index (χ0n) is 23.2. The van der Waals surface area contributed by atoms with Crippen molar-refractivity contribution in [2.45, 2.75) is 68.3 Å². The number of hydrogen-bond acceptors (Lipinski definition) is 14. The van der Waals surface area contributed by atoms with Crippen molar-refractivity contribution in [1.29, 1.82) is 0 Å². The van der Waals surface area contributed by atoms with Gasteiger partial charge in [0.2, 0.25) is 6.29 Å². The maximum absolute atomic E-state index is 13.3. The van der Waals surface area contributed by atoms with E-state index in [1.54, 1.807) is 0 Å². The summed E-state index contributed by atoms with van der Waals surface area (Å²) in [5, 5.41) is 71.3. The van der Waals surface area contributed by atoms with Gasteiger partial charge in [0.05, 0.1) is 20.3 Å². The van der Waals surface area contributed by atoms with Gasteiger partial charge in [0.15, 0.2) is 11.7 Å². The monoisotopic (exact) mass is 606 g/mol. The number of rotatable bonds is 8. The van der Waals surface area contributed by atoms with Crippen molar-refractivity contribution in [1.82, 2.24) is 0 Å². The van der Waals surface area contributed by atoms with E-state index in [-0.39, 0.29) is 22.5 Å². The van der Waals surface area contributed by atoms with Crippen LogP contribution in [0, 0.1) is 6.92 Å². The number of methoxy groups -OCH3 is 1. The van der Waals surface area contributed by atoms with Gasteiger partial charge in [-0.2, -0.15) is 0 Å². The fourth-order valence-corrected chi connectivity index (χ4v) is 4.97. The van der Waals surface area contributed by atoms with Crippen molar-refractivity contribution >= 4 is 11.0 Å². The predicted octanol–water partition coefficient (Wildman–Crippen LogP) is -1.22. The first-order chi connectivity index (χ1) is 20.5. The molecule has 10 atom stereocenters. The van der Waals surface area contributed by atoms with Crippen LogP contribution in [0.25, 0.3) is 22.3 Å². The standard InChI is InChI=1S/C29H34O14/c1-12-3-5-13(6-4-12)16-9-15(31)21-17(40-16)7-14(38-2)8-18(21)41-29-27(37)25(35)23(33)20(43-29)11-39-28-26(36)24(34)22(32)19(10-30)42-28/h3-9,19-20,22-30,32-37H,10-11H2,1-2H3. The van der Waals surface area contributed by atoms with Gasteiger partial charge in [0.25, 0.3) is 0 Å². The lowest BCUT2D eigenvalue weighted by Crippen LogP contribution is -2.62. The largest absolute Gasteiger partial charge is 0.496 e. The summed E-state index contributed by atoms with van der Waals surface area (Å²) in [6.45, 7) is 0.705. The third-order valence-corrected chi connectivity index (χ3v) is 7.52. The maximum atomic E-state index is 13.3. The Kier molecular flexibility index (Phi) is 9.34. The first-order valence-electron chi connectivity index (χ1n) is 13.5. The molecule has 1 aromatic heterocycles. The Morgan fingerprint density at radius 1 is 0.791 bits per heavy atom. The number of benzene rings is 2. The molecule has 0 aliphatic carbocycles. The van der Waals surface area contributed by atoms with Gasteiger partial charge in [-0.25, -0.2) is 0 Å². The Morgan fingerprint density at radius 2 is 1.42 bits per heavy atom. The van der Waals surface area contributed by atoms with Crippen LogP contribution in [-0.2, 0) is 14.2 Å². The van der Waals surface area contributed by atoms with Gasteiger partial charge < -0.3 is 63.8 Å². The summed E-state index contributed by atoms with van der Waals surface area (Å²) in [5.41, 5.74) is 1.34. The summed E-state index contributed by atoms with van der Waals surface area (Å²) in [4.78, 5) is 13.3. The van der Waals surface area contributed by atoms with Gasteiger partial charge in [-0.1, -0.05) is 29.8 Å². The third-order valence-electron chi connectivity index (χ3n) is 7.52. The van der Waals surface area contributed by atoms with Crippen LogP contribution in [0.1, 0.15) is 5.56 Å². The Hall–Kier alpha value is -3.15. The van der Waals surface area contributed by atoms with Gasteiger partial charge in [-0.05, 0) is 6.92 Å². The minimum Gasteiger partial charge on any atom is -0.496 e. The molecule has 2 aliphatic heterocycles. The fraction of sp³-hybridized carbons (Fsp3) is 0.483. The number of fused-ring (bicyclic) bond motifs is 1. The van der Waals surface area contributed by atoms with E-state index in [0.717, 1.165) is 5.56 Å². The molecule has 0 bridgehead atoms. The first-order valence-corrected chi connectivity index (χ1v) is 13.5. The highest BCUT2D eigenvalue weighted by molar-refractivity contribution is 5.86. The second-order valence-corrected chi connectivity index (χ2v) is 10.5. The lowest BCUT2D eigenvalue weighted by atomic mass is 9.98. The number of ether oxygens (including phenoxy) is 5. The van der Waals surface area contributed by atoms with Gasteiger partial charge in [0, 0.05) is 23.8 Å². The van der Waals surface area contributed by atoms with Crippen LogP contribution in [-0.4, -0.2) is 117 Å². The highest BCUT2D eigenvalue weighted by Crippen LogP contribution is 2.34. The van der Waals surface area contributed by atoms with E-state index in [1.165, 1.54) is 25.3 Å². The average molecular weight is 607 g/mol. The molecule has 2 saturated heterocycles. The highest BCUT2D eigenvalue weighted by Gasteiger charge is 2.48. The van der Waals surface area contributed by atoms with E-state index in [2.05, 4.69) is 0 Å². The molecule has 3 aromatic rings. The lowest BCUT2D eigenvalue weighted by Gasteiger charge is -2.42. The number of aliphatic hydroxyl groups is 7. The molecule has 0 saturated carbocycles. The van der Waals surface area contributed by atoms with Gasteiger partial charge >= 0.3 is 0 Å². The quantitative estimate of drug-likeness (QED) is 0.160. The molecule has 0 spiro atoms. The smallest absolute Gasteiger partial charge is 0.229 e. The highest BCUT2D eigenvalue weighted by atomic mass is 16.7. The molecule has 0 radical (unpaired) electrons. The summed E-state index contributed by atoms with van der Waals surface area (Å²) in [5.74, 6) is 0.453. The molecule has 14 nitrogen and oxygen atoms in total. The molecule has 3 heterocycles. The molecular formula is C29H34O14. The van der Waals surface area contributed by atoms with Gasteiger partial charge in [-0.3, -0.25) is 4.79 Å². The molecule has 234 valence electrons. The zero-order chi connectivity index (χ0) is 31.0. The summed E-state index contributed by atoms with van der Waals surface area (Å²) in [6, 6.07) is 11.5. The molecule has 5 rings (SSSR count). The summed E-state index contributed by atoms with van der Waals surface area (Å²) in [7, 11) is 1.39. The SMILES string of the molecule is COc1cc(OC2OC(COC3OC(CO)C(O)C(O)C3O)C(O)C(O)C2O)c2c(=O)cc(-c3ccc(C)cc3)oc2c1. The van der Waals surface area contributed by atoms with Crippen molar-refractivity contribution in [3.8, 4) is 22.8 Å². The van der Waals surface area contributed by atoms with Crippen LogP contribution >= 0.6 is 0 Å². The van der Waals surface area contributed by atoms with E-state index < -0.39 is 80.1 Å². The molecular weight excluding hydrogens is 572 g/mol. The van der Waals surface area contributed by atoms with Gasteiger partial charge in [-0.15, -0.1) is 0 Å². The summed E-state index contributed by atoms with van der Waals surface area (Å²) in [6.07, 6.45) is -16.0. The average Bonchev–Trinajstić information content (AvgIpc) is 3.00. The van der Waals surface area contributed by atoms with Gasteiger partial charge in [0.1, 0.15) is 77.1 Å². The van der Waals surface area contributed by atoms with E-state index in [4.69, 9.17) is 28.1 Å². The summed E-state index contributed by atoms with van der Waals surface area (Å²) >= 11 is 0. The second kappa shape index (κ2) is 12.8. The Morgan fingerprint density at radius 3 is 2.07 bits per heavy atom. The minimum absolute atomic E-state index is 0.00203. The fourth-order valence-electron chi connectivity index (χ4n) is 4.97. The molecule has 10 unspecified atom stereocenters. The molecule has 2 aliphatic rings. The number of hydrogen-bond donors (Lipinski definition) is 7. The van der Waals surface area contributed by atoms with Crippen molar-refractivity contribution in [3.05, 3.63) is 58.3 Å².